The molecule has 0 radical (unpaired) electrons. The lowest BCUT2D eigenvalue weighted by Crippen LogP contribution is -2.24. The van der Waals surface area contributed by atoms with Crippen molar-refractivity contribution in [3.8, 4) is 0 Å². The zero-order chi connectivity index (χ0) is 13.5. The van der Waals surface area contributed by atoms with Crippen LogP contribution in [0.25, 0.3) is 10.9 Å². The predicted octanol–water partition coefficient (Wildman–Crippen LogP) is 3.93. The first-order valence-corrected chi connectivity index (χ1v) is 7.96. The zero-order valence-corrected chi connectivity index (χ0v) is 12.0. The Balaban J connectivity index is 1.67. The van der Waals surface area contributed by atoms with Crippen LogP contribution in [-0.4, -0.2) is 11.5 Å². The first-order valence-electron chi connectivity index (χ1n) is 7.96. The molecule has 2 heteroatoms. The Kier molecular flexibility index (Phi) is 2.99. The number of hydrogen-bond donors (Lipinski definition) is 1. The molecule has 2 nitrogen and oxygen atoms in total. The molecule has 20 heavy (non-hydrogen) atoms. The minimum atomic E-state index is 0.542. The van der Waals surface area contributed by atoms with E-state index >= 15 is 0 Å². The predicted molar refractivity (Wildman–Crippen MR) is 82.5 cm³/mol. The average Bonchev–Trinajstić information content (AvgIpc) is 2.94. The van der Waals surface area contributed by atoms with Crippen molar-refractivity contribution in [1.82, 2.24) is 10.3 Å². The summed E-state index contributed by atoms with van der Waals surface area (Å²) in [4.78, 5) is 4.42. The molecule has 0 spiro atoms. The molecule has 3 atom stereocenters. The monoisotopic (exact) mass is 266 g/mol. The van der Waals surface area contributed by atoms with Gasteiger partial charge in [0.15, 0.2) is 0 Å². The SMILES string of the molecule is CCNC(c1ccc2ncccc2c1)C1C2CCCC21. The van der Waals surface area contributed by atoms with Crippen LogP contribution in [0.5, 0.6) is 0 Å². The molecule has 2 aliphatic carbocycles. The fourth-order valence-electron chi connectivity index (χ4n) is 4.35. The molecule has 0 saturated heterocycles. The fraction of sp³-hybridized carbons (Fsp3) is 0.500. The number of pyridine rings is 1. The van der Waals surface area contributed by atoms with Crippen LogP contribution in [0.2, 0.25) is 0 Å². The van der Waals surface area contributed by atoms with Gasteiger partial charge in [-0.25, -0.2) is 0 Å². The summed E-state index contributed by atoms with van der Waals surface area (Å²) in [7, 11) is 0. The summed E-state index contributed by atoms with van der Waals surface area (Å²) >= 11 is 0. The van der Waals surface area contributed by atoms with Gasteiger partial charge < -0.3 is 5.32 Å². The largest absolute Gasteiger partial charge is 0.310 e. The van der Waals surface area contributed by atoms with Crippen LogP contribution in [0.3, 0.4) is 0 Å². The van der Waals surface area contributed by atoms with Crippen molar-refractivity contribution >= 4 is 10.9 Å². The van der Waals surface area contributed by atoms with E-state index in [0.717, 1.165) is 29.8 Å². The lowest BCUT2D eigenvalue weighted by molar-refractivity contribution is 0.426. The minimum Gasteiger partial charge on any atom is -0.310 e. The number of benzene rings is 1. The molecule has 1 aromatic heterocycles. The number of nitrogens with zero attached hydrogens (tertiary/aromatic N) is 1. The minimum absolute atomic E-state index is 0.542. The van der Waals surface area contributed by atoms with E-state index in [0.29, 0.717) is 6.04 Å². The van der Waals surface area contributed by atoms with Gasteiger partial charge in [-0.2, -0.15) is 0 Å². The van der Waals surface area contributed by atoms with E-state index in [9.17, 15) is 0 Å². The number of aromatic nitrogens is 1. The van der Waals surface area contributed by atoms with Gasteiger partial charge >= 0.3 is 0 Å². The molecule has 104 valence electrons. The maximum absolute atomic E-state index is 4.42. The highest BCUT2D eigenvalue weighted by Crippen LogP contribution is 2.62. The number of hydrogen-bond acceptors (Lipinski definition) is 2. The van der Waals surface area contributed by atoms with Gasteiger partial charge in [-0.1, -0.05) is 25.5 Å². The summed E-state index contributed by atoms with van der Waals surface area (Å²) in [5.74, 6) is 2.85. The van der Waals surface area contributed by atoms with E-state index < -0.39 is 0 Å². The van der Waals surface area contributed by atoms with Gasteiger partial charge in [0.25, 0.3) is 0 Å². The summed E-state index contributed by atoms with van der Waals surface area (Å²) in [6.07, 6.45) is 6.22. The number of rotatable bonds is 4. The van der Waals surface area contributed by atoms with Crippen molar-refractivity contribution in [2.75, 3.05) is 6.54 Å². The van der Waals surface area contributed by atoms with Crippen molar-refractivity contribution in [2.24, 2.45) is 17.8 Å². The van der Waals surface area contributed by atoms with Crippen LogP contribution in [0.1, 0.15) is 37.8 Å². The normalized spacial score (nSPS) is 29.4. The van der Waals surface area contributed by atoms with Gasteiger partial charge in [0.1, 0.15) is 0 Å². The molecule has 2 aromatic rings. The average molecular weight is 266 g/mol. The summed E-state index contributed by atoms with van der Waals surface area (Å²) in [6.45, 7) is 3.26. The van der Waals surface area contributed by atoms with Gasteiger partial charge in [0, 0.05) is 17.6 Å². The van der Waals surface area contributed by atoms with Crippen LogP contribution >= 0.6 is 0 Å². The van der Waals surface area contributed by atoms with Crippen LogP contribution in [0.15, 0.2) is 36.5 Å². The molecule has 2 aliphatic rings. The van der Waals surface area contributed by atoms with Gasteiger partial charge in [0.05, 0.1) is 5.52 Å². The molecule has 1 N–H and O–H groups in total. The first kappa shape index (κ1) is 12.3. The molecule has 0 amide bonds. The van der Waals surface area contributed by atoms with Crippen LogP contribution < -0.4 is 5.32 Å². The zero-order valence-electron chi connectivity index (χ0n) is 12.0. The molecule has 1 aromatic carbocycles. The van der Waals surface area contributed by atoms with Crippen molar-refractivity contribution in [3.63, 3.8) is 0 Å². The van der Waals surface area contributed by atoms with Crippen LogP contribution in [0.4, 0.5) is 0 Å². The van der Waals surface area contributed by atoms with Crippen molar-refractivity contribution in [3.05, 3.63) is 42.1 Å². The smallest absolute Gasteiger partial charge is 0.0702 e. The van der Waals surface area contributed by atoms with Crippen molar-refractivity contribution in [2.45, 2.75) is 32.2 Å². The third-order valence-corrected chi connectivity index (χ3v) is 5.27. The molecule has 1 heterocycles. The molecular formula is C18H22N2. The summed E-state index contributed by atoms with van der Waals surface area (Å²) in [5.41, 5.74) is 2.55. The molecule has 0 aliphatic heterocycles. The highest BCUT2D eigenvalue weighted by atomic mass is 14.9. The summed E-state index contributed by atoms with van der Waals surface area (Å²) < 4.78 is 0. The lowest BCUT2D eigenvalue weighted by atomic mass is 9.95. The van der Waals surface area contributed by atoms with Gasteiger partial charge in [-0.05, 0) is 60.9 Å². The first-order chi connectivity index (χ1) is 9.88. The van der Waals surface area contributed by atoms with Crippen LogP contribution in [0, 0.1) is 17.8 Å². The Hall–Kier alpha value is -1.41. The van der Waals surface area contributed by atoms with Gasteiger partial charge in [-0.3, -0.25) is 4.98 Å². The van der Waals surface area contributed by atoms with E-state index in [1.54, 1.807) is 0 Å². The molecule has 2 fully saturated rings. The molecule has 2 saturated carbocycles. The molecule has 3 unspecified atom stereocenters. The highest BCUT2D eigenvalue weighted by molar-refractivity contribution is 5.79. The van der Waals surface area contributed by atoms with Gasteiger partial charge in [0.2, 0.25) is 0 Å². The number of nitrogens with one attached hydrogen (secondary N) is 1. The Labute approximate surface area is 120 Å². The highest BCUT2D eigenvalue weighted by Gasteiger charge is 2.55. The van der Waals surface area contributed by atoms with E-state index in [-0.39, 0.29) is 0 Å². The topological polar surface area (TPSA) is 24.9 Å². The maximum atomic E-state index is 4.42. The fourth-order valence-corrected chi connectivity index (χ4v) is 4.35. The van der Waals surface area contributed by atoms with E-state index in [2.05, 4.69) is 41.5 Å². The standard InChI is InChI=1S/C18H22N2/c1-2-19-18(17-14-6-3-7-15(14)17)13-8-9-16-12(11-13)5-4-10-20-16/h4-5,8-11,14-15,17-19H,2-3,6-7H2,1H3. The van der Waals surface area contributed by atoms with E-state index in [4.69, 9.17) is 0 Å². The number of fused-ring (bicyclic) bond motifs is 2. The second-order valence-electron chi connectivity index (χ2n) is 6.33. The Bertz CT molecular complexity index is 612. The molecule has 4 rings (SSSR count). The molecular weight excluding hydrogens is 244 g/mol. The Morgan fingerprint density at radius 2 is 2.10 bits per heavy atom. The Morgan fingerprint density at radius 1 is 1.25 bits per heavy atom. The quantitative estimate of drug-likeness (QED) is 0.907. The summed E-state index contributed by atoms with van der Waals surface area (Å²) in [5, 5.41) is 5.00. The third-order valence-electron chi connectivity index (χ3n) is 5.27. The third kappa shape index (κ3) is 1.94. The molecule has 0 bridgehead atoms. The second kappa shape index (κ2) is 4.85. The Morgan fingerprint density at radius 3 is 2.90 bits per heavy atom. The maximum Gasteiger partial charge on any atom is 0.0702 e. The van der Waals surface area contributed by atoms with E-state index in [1.807, 2.05) is 12.3 Å². The van der Waals surface area contributed by atoms with Crippen molar-refractivity contribution in [1.29, 1.82) is 0 Å². The van der Waals surface area contributed by atoms with Crippen molar-refractivity contribution < 1.29 is 0 Å². The van der Waals surface area contributed by atoms with E-state index in [1.165, 1.54) is 30.2 Å². The van der Waals surface area contributed by atoms with Gasteiger partial charge in [-0.15, -0.1) is 0 Å². The summed E-state index contributed by atoms with van der Waals surface area (Å²) in [6, 6.07) is 11.5. The lowest BCUT2D eigenvalue weighted by Gasteiger charge is -2.21. The van der Waals surface area contributed by atoms with Crippen LogP contribution in [-0.2, 0) is 0 Å². The second-order valence-corrected chi connectivity index (χ2v) is 6.33.